The molecule has 0 bridgehead atoms. The molecule has 118 valence electrons. The van der Waals surface area contributed by atoms with E-state index in [1.54, 1.807) is 0 Å². The molecule has 1 saturated heterocycles. The van der Waals surface area contributed by atoms with Gasteiger partial charge < -0.3 is 10.1 Å². The molecule has 3 nitrogen and oxygen atoms in total. The van der Waals surface area contributed by atoms with Gasteiger partial charge in [-0.15, -0.1) is 0 Å². The fourth-order valence-electron chi connectivity index (χ4n) is 3.35. The average molecular weight is 290 g/mol. The molecular weight excluding hydrogens is 260 g/mol. The highest BCUT2D eigenvalue weighted by atomic mass is 16.5. The molecule has 0 radical (unpaired) electrons. The Labute approximate surface area is 129 Å². The Balaban J connectivity index is 2.13. The Morgan fingerprint density at radius 1 is 1.24 bits per heavy atom. The summed E-state index contributed by atoms with van der Waals surface area (Å²) in [6.45, 7) is 15.0. The van der Waals surface area contributed by atoms with E-state index in [4.69, 9.17) is 4.74 Å². The molecule has 1 heterocycles. The van der Waals surface area contributed by atoms with Crippen LogP contribution in [0.5, 0.6) is 0 Å². The molecule has 1 aliphatic rings. The van der Waals surface area contributed by atoms with Gasteiger partial charge in [0.2, 0.25) is 0 Å². The Morgan fingerprint density at radius 3 is 2.52 bits per heavy atom. The van der Waals surface area contributed by atoms with Crippen LogP contribution in [0.25, 0.3) is 0 Å². The average Bonchev–Trinajstić information content (AvgIpc) is 2.40. The maximum absolute atomic E-state index is 5.84. The zero-order chi connectivity index (χ0) is 15.4. The molecule has 1 N–H and O–H groups in total. The third kappa shape index (κ3) is 4.53. The van der Waals surface area contributed by atoms with Gasteiger partial charge in [-0.1, -0.05) is 30.7 Å². The molecule has 0 amide bonds. The van der Waals surface area contributed by atoms with Gasteiger partial charge >= 0.3 is 0 Å². The van der Waals surface area contributed by atoms with Crippen molar-refractivity contribution in [3.63, 3.8) is 0 Å². The van der Waals surface area contributed by atoms with Gasteiger partial charge in [-0.25, -0.2) is 0 Å². The van der Waals surface area contributed by atoms with Crippen LogP contribution in [-0.4, -0.2) is 43.3 Å². The van der Waals surface area contributed by atoms with Crippen LogP contribution >= 0.6 is 0 Å². The van der Waals surface area contributed by atoms with E-state index in [0.717, 1.165) is 26.2 Å². The molecule has 3 atom stereocenters. The Morgan fingerprint density at radius 2 is 1.90 bits per heavy atom. The quantitative estimate of drug-likeness (QED) is 0.902. The van der Waals surface area contributed by atoms with Crippen molar-refractivity contribution in [2.75, 3.05) is 26.2 Å². The topological polar surface area (TPSA) is 24.5 Å². The standard InChI is InChI=1S/C18H30N2O/c1-6-19-18(17-9-13(2)7-8-14(17)3)12-20-10-15(4)21-16(5)11-20/h7-9,15-16,18-19H,6,10-12H2,1-5H3. The summed E-state index contributed by atoms with van der Waals surface area (Å²) in [5.74, 6) is 0. The zero-order valence-corrected chi connectivity index (χ0v) is 14.1. The highest BCUT2D eigenvalue weighted by Gasteiger charge is 2.25. The van der Waals surface area contributed by atoms with Gasteiger partial charge in [0, 0.05) is 25.7 Å². The number of nitrogens with one attached hydrogen (secondary N) is 1. The van der Waals surface area contributed by atoms with E-state index in [1.807, 2.05) is 0 Å². The number of nitrogens with zero attached hydrogens (tertiary/aromatic N) is 1. The van der Waals surface area contributed by atoms with Crippen molar-refractivity contribution in [1.82, 2.24) is 10.2 Å². The Bertz CT molecular complexity index is 451. The van der Waals surface area contributed by atoms with Gasteiger partial charge in [-0.3, -0.25) is 4.90 Å². The van der Waals surface area contributed by atoms with E-state index < -0.39 is 0 Å². The Hall–Kier alpha value is -0.900. The number of hydrogen-bond acceptors (Lipinski definition) is 3. The van der Waals surface area contributed by atoms with Crippen LogP contribution in [-0.2, 0) is 4.74 Å². The molecule has 1 aromatic rings. The van der Waals surface area contributed by atoms with Crippen molar-refractivity contribution in [1.29, 1.82) is 0 Å². The summed E-state index contributed by atoms with van der Waals surface area (Å²) in [5, 5.41) is 3.66. The van der Waals surface area contributed by atoms with Crippen molar-refractivity contribution in [2.45, 2.75) is 52.9 Å². The highest BCUT2D eigenvalue weighted by molar-refractivity contribution is 5.33. The predicted octanol–water partition coefficient (Wildman–Crippen LogP) is 3.06. The lowest BCUT2D eigenvalue weighted by Gasteiger charge is -2.37. The van der Waals surface area contributed by atoms with Crippen molar-refractivity contribution >= 4 is 0 Å². The molecule has 2 rings (SSSR count). The molecule has 3 heteroatoms. The van der Waals surface area contributed by atoms with Crippen molar-refractivity contribution in [3.05, 3.63) is 34.9 Å². The predicted molar refractivity (Wildman–Crippen MR) is 88.8 cm³/mol. The third-order valence-electron chi connectivity index (χ3n) is 4.20. The van der Waals surface area contributed by atoms with Crippen LogP contribution in [0.2, 0.25) is 0 Å². The summed E-state index contributed by atoms with van der Waals surface area (Å²) in [5.41, 5.74) is 4.15. The summed E-state index contributed by atoms with van der Waals surface area (Å²) in [4.78, 5) is 2.54. The van der Waals surface area contributed by atoms with Crippen molar-refractivity contribution < 1.29 is 4.74 Å². The molecular formula is C18H30N2O. The van der Waals surface area contributed by atoms with E-state index in [1.165, 1.54) is 16.7 Å². The van der Waals surface area contributed by atoms with E-state index in [9.17, 15) is 0 Å². The first kappa shape index (κ1) is 16.5. The maximum Gasteiger partial charge on any atom is 0.0678 e. The van der Waals surface area contributed by atoms with Crippen LogP contribution in [0.15, 0.2) is 18.2 Å². The monoisotopic (exact) mass is 290 g/mol. The molecule has 1 fully saturated rings. The second-order valence-corrected chi connectivity index (χ2v) is 6.45. The fraction of sp³-hybridized carbons (Fsp3) is 0.667. The van der Waals surface area contributed by atoms with Crippen molar-refractivity contribution in [2.24, 2.45) is 0 Å². The summed E-state index contributed by atoms with van der Waals surface area (Å²) in [6.07, 6.45) is 0.657. The van der Waals surface area contributed by atoms with Gasteiger partial charge in [0.15, 0.2) is 0 Å². The lowest BCUT2D eigenvalue weighted by Crippen LogP contribution is -2.48. The normalized spacial score (nSPS) is 25.0. The first-order valence-electron chi connectivity index (χ1n) is 8.18. The third-order valence-corrected chi connectivity index (χ3v) is 4.20. The summed E-state index contributed by atoms with van der Waals surface area (Å²) < 4.78 is 5.84. The molecule has 0 spiro atoms. The number of hydrogen-bond donors (Lipinski definition) is 1. The number of benzene rings is 1. The van der Waals surface area contributed by atoms with E-state index >= 15 is 0 Å². The second kappa shape index (κ2) is 7.39. The summed E-state index contributed by atoms with van der Waals surface area (Å²) in [7, 11) is 0. The Kier molecular flexibility index (Phi) is 5.80. The molecule has 1 aliphatic heterocycles. The minimum Gasteiger partial charge on any atom is -0.373 e. The van der Waals surface area contributed by atoms with Gasteiger partial charge in [-0.2, -0.15) is 0 Å². The summed E-state index contributed by atoms with van der Waals surface area (Å²) in [6, 6.07) is 7.16. The molecule has 0 aliphatic carbocycles. The van der Waals surface area contributed by atoms with Crippen LogP contribution < -0.4 is 5.32 Å². The number of morpholine rings is 1. The lowest BCUT2D eigenvalue weighted by molar-refractivity contribution is -0.0699. The minimum absolute atomic E-state index is 0.328. The zero-order valence-electron chi connectivity index (χ0n) is 14.1. The van der Waals surface area contributed by atoms with E-state index in [0.29, 0.717) is 18.2 Å². The van der Waals surface area contributed by atoms with Gasteiger partial charge in [0.05, 0.1) is 12.2 Å². The number of rotatable bonds is 5. The minimum atomic E-state index is 0.328. The van der Waals surface area contributed by atoms with Crippen LogP contribution in [0.3, 0.4) is 0 Å². The van der Waals surface area contributed by atoms with Gasteiger partial charge in [-0.05, 0) is 45.4 Å². The smallest absolute Gasteiger partial charge is 0.0678 e. The summed E-state index contributed by atoms with van der Waals surface area (Å²) >= 11 is 0. The van der Waals surface area contributed by atoms with E-state index in [-0.39, 0.29) is 0 Å². The largest absolute Gasteiger partial charge is 0.373 e. The van der Waals surface area contributed by atoms with Gasteiger partial charge in [0.1, 0.15) is 0 Å². The first-order chi connectivity index (χ1) is 9.99. The number of likely N-dealkylation sites (N-methyl/N-ethyl adjacent to an activating group) is 1. The lowest BCUT2D eigenvalue weighted by atomic mass is 9.98. The van der Waals surface area contributed by atoms with Crippen LogP contribution in [0.1, 0.15) is 43.5 Å². The highest BCUT2D eigenvalue weighted by Crippen LogP contribution is 2.22. The van der Waals surface area contributed by atoms with Crippen LogP contribution in [0, 0.1) is 13.8 Å². The molecule has 3 unspecified atom stereocenters. The van der Waals surface area contributed by atoms with E-state index in [2.05, 4.69) is 63.0 Å². The number of ether oxygens (including phenoxy) is 1. The molecule has 1 aromatic carbocycles. The maximum atomic E-state index is 5.84. The second-order valence-electron chi connectivity index (χ2n) is 6.45. The molecule has 21 heavy (non-hydrogen) atoms. The SMILES string of the molecule is CCNC(CN1CC(C)OC(C)C1)c1cc(C)ccc1C. The fourth-order valence-corrected chi connectivity index (χ4v) is 3.35. The number of aryl methyl sites for hydroxylation is 2. The molecule has 0 aromatic heterocycles. The van der Waals surface area contributed by atoms with Crippen molar-refractivity contribution in [3.8, 4) is 0 Å². The molecule has 0 saturated carbocycles. The van der Waals surface area contributed by atoms with Gasteiger partial charge in [0.25, 0.3) is 0 Å². The first-order valence-corrected chi connectivity index (χ1v) is 8.18. The van der Waals surface area contributed by atoms with Crippen LogP contribution in [0.4, 0.5) is 0 Å².